The summed E-state index contributed by atoms with van der Waals surface area (Å²) in [5.74, 6) is 0. The van der Waals surface area contributed by atoms with Crippen molar-refractivity contribution in [2.45, 2.75) is 12.8 Å². The highest BCUT2D eigenvalue weighted by Crippen LogP contribution is 2.20. The predicted molar refractivity (Wildman–Crippen MR) is 75.0 cm³/mol. The lowest BCUT2D eigenvalue weighted by Crippen LogP contribution is -1.94. The monoisotopic (exact) mass is 275 g/mol. The summed E-state index contributed by atoms with van der Waals surface area (Å²) in [6, 6.07) is 15.4. The van der Waals surface area contributed by atoms with Crippen LogP contribution >= 0.6 is 23.2 Å². The molecule has 0 saturated heterocycles. The third-order valence-corrected chi connectivity index (χ3v) is 3.18. The molecule has 0 aromatic heterocycles. The number of hydrogen-bond acceptors (Lipinski definition) is 1. The van der Waals surface area contributed by atoms with Gasteiger partial charge in [-0.3, -0.25) is 0 Å². The molecule has 1 nitrogen and oxygen atoms in total. The quantitative estimate of drug-likeness (QED) is 0.800. The minimum Gasteiger partial charge on any atom is -0.192 e. The first kappa shape index (κ1) is 13.0. The van der Waals surface area contributed by atoms with Crippen molar-refractivity contribution in [2.75, 3.05) is 0 Å². The normalized spacial score (nSPS) is 10.1. The van der Waals surface area contributed by atoms with Crippen molar-refractivity contribution >= 4 is 23.2 Å². The molecule has 0 bridgehead atoms. The molecule has 0 aliphatic heterocycles. The van der Waals surface area contributed by atoms with Crippen LogP contribution in [0.1, 0.15) is 16.7 Å². The Bertz CT molecular complexity index is 579. The highest BCUT2D eigenvalue weighted by atomic mass is 35.5. The van der Waals surface area contributed by atoms with E-state index in [1.807, 2.05) is 36.4 Å². The molecule has 0 aliphatic carbocycles. The standard InChI is InChI=1S/C15H11Cl2N/c16-14-7-11(8-15(17)9-14)5-6-12-3-1-2-4-13(12)10-18/h1-4,7-9H,5-6H2. The van der Waals surface area contributed by atoms with Gasteiger partial charge in [-0.1, -0.05) is 41.4 Å². The van der Waals surface area contributed by atoms with E-state index in [2.05, 4.69) is 6.07 Å². The second-order valence-corrected chi connectivity index (χ2v) is 4.92. The van der Waals surface area contributed by atoms with Gasteiger partial charge in [0.25, 0.3) is 0 Å². The highest BCUT2D eigenvalue weighted by molar-refractivity contribution is 6.34. The van der Waals surface area contributed by atoms with Crippen LogP contribution in [0.25, 0.3) is 0 Å². The van der Waals surface area contributed by atoms with Crippen LogP contribution in [0.3, 0.4) is 0 Å². The fourth-order valence-corrected chi connectivity index (χ4v) is 2.45. The Morgan fingerprint density at radius 3 is 2.28 bits per heavy atom. The first-order chi connectivity index (χ1) is 8.69. The smallest absolute Gasteiger partial charge is 0.0994 e. The first-order valence-corrected chi connectivity index (χ1v) is 6.37. The van der Waals surface area contributed by atoms with E-state index in [0.717, 1.165) is 29.5 Å². The molecule has 0 N–H and O–H groups in total. The van der Waals surface area contributed by atoms with Crippen LogP contribution in [0, 0.1) is 11.3 Å². The Morgan fingerprint density at radius 2 is 1.61 bits per heavy atom. The molecular formula is C15H11Cl2N. The van der Waals surface area contributed by atoms with Crippen LogP contribution < -0.4 is 0 Å². The van der Waals surface area contributed by atoms with Gasteiger partial charge in [0.2, 0.25) is 0 Å². The summed E-state index contributed by atoms with van der Waals surface area (Å²) in [5.41, 5.74) is 2.86. The fraction of sp³-hybridized carbons (Fsp3) is 0.133. The Morgan fingerprint density at radius 1 is 0.944 bits per heavy atom. The first-order valence-electron chi connectivity index (χ1n) is 5.62. The van der Waals surface area contributed by atoms with Crippen molar-refractivity contribution in [3.63, 3.8) is 0 Å². The van der Waals surface area contributed by atoms with E-state index >= 15 is 0 Å². The second-order valence-electron chi connectivity index (χ2n) is 4.05. The zero-order chi connectivity index (χ0) is 13.0. The summed E-state index contributed by atoms with van der Waals surface area (Å²) in [6.45, 7) is 0. The van der Waals surface area contributed by atoms with Crippen LogP contribution in [0.15, 0.2) is 42.5 Å². The molecule has 0 atom stereocenters. The van der Waals surface area contributed by atoms with Crippen LogP contribution in [-0.2, 0) is 12.8 Å². The number of aryl methyl sites for hydroxylation is 2. The molecule has 0 amide bonds. The maximum atomic E-state index is 9.01. The van der Waals surface area contributed by atoms with Crippen molar-refractivity contribution in [2.24, 2.45) is 0 Å². The maximum absolute atomic E-state index is 9.01. The molecule has 0 fully saturated rings. The second kappa shape index (κ2) is 5.91. The van der Waals surface area contributed by atoms with E-state index in [4.69, 9.17) is 28.5 Å². The minimum atomic E-state index is 0.645. The molecule has 3 heteroatoms. The Labute approximate surface area is 117 Å². The van der Waals surface area contributed by atoms with Gasteiger partial charge in [-0.15, -0.1) is 0 Å². The SMILES string of the molecule is N#Cc1ccccc1CCc1cc(Cl)cc(Cl)c1. The lowest BCUT2D eigenvalue weighted by atomic mass is 10.0. The van der Waals surface area contributed by atoms with Gasteiger partial charge in [-0.25, -0.2) is 0 Å². The molecule has 2 aromatic carbocycles. The van der Waals surface area contributed by atoms with Crippen molar-refractivity contribution in [1.29, 1.82) is 5.26 Å². The van der Waals surface area contributed by atoms with E-state index in [-0.39, 0.29) is 0 Å². The van der Waals surface area contributed by atoms with Gasteiger partial charge in [-0.2, -0.15) is 5.26 Å². The van der Waals surface area contributed by atoms with Gasteiger partial charge >= 0.3 is 0 Å². The zero-order valence-corrected chi connectivity index (χ0v) is 11.2. The predicted octanol–water partition coefficient (Wildman–Crippen LogP) is 4.65. The van der Waals surface area contributed by atoms with Crippen LogP contribution in [0.2, 0.25) is 10.0 Å². The molecule has 0 unspecified atom stereocenters. The molecule has 2 rings (SSSR count). The van der Waals surface area contributed by atoms with Gasteiger partial charge < -0.3 is 0 Å². The number of halogens is 2. The fourth-order valence-electron chi connectivity index (χ4n) is 1.88. The molecule has 18 heavy (non-hydrogen) atoms. The van der Waals surface area contributed by atoms with Gasteiger partial charge in [0.15, 0.2) is 0 Å². The van der Waals surface area contributed by atoms with E-state index in [1.54, 1.807) is 6.07 Å². The molecule has 0 heterocycles. The molecule has 2 aromatic rings. The lowest BCUT2D eigenvalue weighted by Gasteiger charge is -2.05. The maximum Gasteiger partial charge on any atom is 0.0994 e. The average Bonchev–Trinajstić information content (AvgIpc) is 2.35. The highest BCUT2D eigenvalue weighted by Gasteiger charge is 2.03. The lowest BCUT2D eigenvalue weighted by molar-refractivity contribution is 0.956. The molecule has 0 saturated carbocycles. The summed E-state index contributed by atoms with van der Waals surface area (Å²) < 4.78 is 0. The number of rotatable bonds is 3. The van der Waals surface area contributed by atoms with Crippen LogP contribution in [0.4, 0.5) is 0 Å². The summed E-state index contributed by atoms with van der Waals surface area (Å²) in [4.78, 5) is 0. The summed E-state index contributed by atoms with van der Waals surface area (Å²) >= 11 is 11.9. The van der Waals surface area contributed by atoms with Crippen molar-refractivity contribution < 1.29 is 0 Å². The van der Waals surface area contributed by atoms with E-state index < -0.39 is 0 Å². The number of benzene rings is 2. The number of hydrogen-bond donors (Lipinski definition) is 0. The van der Waals surface area contributed by atoms with Crippen molar-refractivity contribution in [3.8, 4) is 6.07 Å². The van der Waals surface area contributed by atoms with Gasteiger partial charge in [0.05, 0.1) is 11.6 Å². The Hall–Kier alpha value is -1.49. The topological polar surface area (TPSA) is 23.8 Å². The molecule has 0 radical (unpaired) electrons. The van der Waals surface area contributed by atoms with Crippen LogP contribution in [-0.4, -0.2) is 0 Å². The zero-order valence-electron chi connectivity index (χ0n) is 9.66. The minimum absolute atomic E-state index is 0.645. The Kier molecular flexibility index (Phi) is 4.25. The summed E-state index contributed by atoms with van der Waals surface area (Å²) in [6.07, 6.45) is 1.62. The molecule has 90 valence electrons. The van der Waals surface area contributed by atoms with Gasteiger partial charge in [-0.05, 0) is 48.2 Å². The van der Waals surface area contributed by atoms with Crippen molar-refractivity contribution in [3.05, 3.63) is 69.2 Å². The van der Waals surface area contributed by atoms with Crippen LogP contribution in [0.5, 0.6) is 0 Å². The third kappa shape index (κ3) is 3.26. The van der Waals surface area contributed by atoms with E-state index in [0.29, 0.717) is 10.0 Å². The van der Waals surface area contributed by atoms with Gasteiger partial charge in [0, 0.05) is 10.0 Å². The number of nitriles is 1. The van der Waals surface area contributed by atoms with Gasteiger partial charge in [0.1, 0.15) is 0 Å². The third-order valence-electron chi connectivity index (χ3n) is 2.74. The van der Waals surface area contributed by atoms with E-state index in [1.165, 1.54) is 0 Å². The summed E-state index contributed by atoms with van der Waals surface area (Å²) in [7, 11) is 0. The van der Waals surface area contributed by atoms with E-state index in [9.17, 15) is 0 Å². The Balaban J connectivity index is 2.14. The number of nitrogens with zero attached hydrogens (tertiary/aromatic N) is 1. The largest absolute Gasteiger partial charge is 0.192 e. The molecule has 0 aliphatic rings. The molecule has 0 spiro atoms. The molecular weight excluding hydrogens is 265 g/mol. The summed E-state index contributed by atoms with van der Waals surface area (Å²) in [5, 5.41) is 10.3. The average molecular weight is 276 g/mol. The van der Waals surface area contributed by atoms with Crippen molar-refractivity contribution in [1.82, 2.24) is 0 Å².